The number of anilines is 2. The van der Waals surface area contributed by atoms with Crippen LogP contribution in [0.4, 0.5) is 16.3 Å². The molecule has 1 amide bonds. The van der Waals surface area contributed by atoms with Gasteiger partial charge < -0.3 is 20.9 Å². The number of rotatable bonds is 5. The Balaban J connectivity index is 1.32. The molecule has 4 N–H and O–H groups in total. The largest absolute Gasteiger partial charge is 0.477 e. The Morgan fingerprint density at radius 3 is 2.39 bits per heavy atom. The molecular weight excluding hydrogens is 486 g/mol. The van der Waals surface area contributed by atoms with Crippen molar-refractivity contribution in [1.29, 1.82) is 0 Å². The van der Waals surface area contributed by atoms with E-state index in [1.807, 2.05) is 43.5 Å². The first-order valence-electron chi connectivity index (χ1n) is 11.7. The van der Waals surface area contributed by atoms with Crippen LogP contribution < -0.4 is 15.8 Å². The second-order valence-electron chi connectivity index (χ2n) is 9.64. The Labute approximate surface area is 217 Å². The minimum absolute atomic E-state index is 0.102. The summed E-state index contributed by atoms with van der Waals surface area (Å²) in [6.07, 6.45) is 3.07. The summed E-state index contributed by atoms with van der Waals surface area (Å²) in [6.45, 7) is 6.00. The maximum absolute atomic E-state index is 12.7. The summed E-state index contributed by atoms with van der Waals surface area (Å²) in [5.74, 6) is 0.00938. The molecule has 3 heterocycles. The maximum Gasteiger partial charge on any atom is 0.354 e. The third kappa shape index (κ3) is 4.89. The number of carboxylic acid groups (broad SMARTS) is 1. The van der Waals surface area contributed by atoms with Crippen LogP contribution in [0.1, 0.15) is 37.0 Å². The number of benzene rings is 2. The van der Waals surface area contributed by atoms with E-state index in [0.29, 0.717) is 22.7 Å². The lowest BCUT2D eigenvalue weighted by atomic mass is 9.92. The first-order chi connectivity index (χ1) is 18.1. The number of nitrogens with one attached hydrogen (secondary N) is 1. The molecule has 192 valence electrons. The van der Waals surface area contributed by atoms with E-state index in [-0.39, 0.29) is 16.9 Å². The van der Waals surface area contributed by atoms with Gasteiger partial charge in [-0.05, 0) is 42.5 Å². The molecule has 0 unspecified atom stereocenters. The summed E-state index contributed by atoms with van der Waals surface area (Å²) in [7, 11) is 0. The molecular formula is C27H25N7O4. The van der Waals surface area contributed by atoms with Gasteiger partial charge in [-0.25, -0.2) is 19.6 Å². The molecule has 3 aromatic heterocycles. The van der Waals surface area contributed by atoms with Gasteiger partial charge in [0.05, 0.1) is 16.7 Å². The van der Waals surface area contributed by atoms with Crippen LogP contribution in [0.5, 0.6) is 11.5 Å². The summed E-state index contributed by atoms with van der Waals surface area (Å²) in [4.78, 5) is 32.1. The molecule has 5 rings (SSSR count). The van der Waals surface area contributed by atoms with Crippen molar-refractivity contribution in [1.82, 2.24) is 24.3 Å². The third-order valence-corrected chi connectivity index (χ3v) is 5.80. The number of aromatic carboxylic acids is 1. The smallest absolute Gasteiger partial charge is 0.354 e. The van der Waals surface area contributed by atoms with Gasteiger partial charge in [0, 0.05) is 41.2 Å². The summed E-state index contributed by atoms with van der Waals surface area (Å²) >= 11 is 0. The molecule has 0 aliphatic carbocycles. The fourth-order valence-electron chi connectivity index (χ4n) is 3.80. The number of carboxylic acids is 1. The van der Waals surface area contributed by atoms with Crippen LogP contribution in [0.15, 0.2) is 73.2 Å². The van der Waals surface area contributed by atoms with Crippen LogP contribution in [-0.2, 0) is 5.41 Å². The summed E-state index contributed by atoms with van der Waals surface area (Å²) in [5.41, 5.74) is 9.36. The van der Waals surface area contributed by atoms with E-state index < -0.39 is 12.0 Å². The highest BCUT2D eigenvalue weighted by molar-refractivity contribution is 5.92. The number of nitrogens with two attached hydrogens (primary N) is 1. The number of carbonyl (C=O) groups excluding carboxylic acids is 1. The molecule has 0 spiro atoms. The highest BCUT2D eigenvalue weighted by Gasteiger charge is 2.21. The van der Waals surface area contributed by atoms with Crippen LogP contribution in [0.25, 0.3) is 16.7 Å². The lowest BCUT2D eigenvalue weighted by molar-refractivity contribution is 0.0690. The predicted molar refractivity (Wildman–Crippen MR) is 142 cm³/mol. The first-order valence-corrected chi connectivity index (χ1v) is 11.7. The minimum Gasteiger partial charge on any atom is -0.477 e. The van der Waals surface area contributed by atoms with Crippen molar-refractivity contribution < 1.29 is 19.4 Å². The van der Waals surface area contributed by atoms with Crippen LogP contribution in [0.2, 0.25) is 0 Å². The van der Waals surface area contributed by atoms with E-state index in [1.165, 1.54) is 12.3 Å². The van der Waals surface area contributed by atoms with Crippen LogP contribution >= 0.6 is 0 Å². The Morgan fingerprint density at radius 1 is 0.974 bits per heavy atom. The number of carbonyl (C=O) groups is 2. The van der Waals surface area contributed by atoms with Crippen molar-refractivity contribution in [2.45, 2.75) is 26.2 Å². The zero-order chi connectivity index (χ0) is 27.0. The van der Waals surface area contributed by atoms with Gasteiger partial charge in [0.15, 0.2) is 5.69 Å². The number of fused-ring (bicyclic) bond motifs is 1. The average Bonchev–Trinajstić information content (AvgIpc) is 3.48. The topological polar surface area (TPSA) is 150 Å². The molecule has 0 aliphatic rings. The molecule has 0 radical (unpaired) electrons. The van der Waals surface area contributed by atoms with Gasteiger partial charge in [0.2, 0.25) is 0 Å². The Kier molecular flexibility index (Phi) is 6.03. The zero-order valence-electron chi connectivity index (χ0n) is 20.9. The molecule has 0 bridgehead atoms. The van der Waals surface area contributed by atoms with Crippen molar-refractivity contribution in [2.75, 3.05) is 11.1 Å². The van der Waals surface area contributed by atoms with Crippen molar-refractivity contribution in [3.8, 4) is 17.2 Å². The SMILES string of the molecule is CC(C)(C)c1cc(N)n(C(=O)Nc2ccc(-n3cnc4cc(Oc5ccnc(C(=O)O)c5)ccc43)cc2)n1. The molecule has 11 heteroatoms. The van der Waals surface area contributed by atoms with E-state index >= 15 is 0 Å². The van der Waals surface area contributed by atoms with Gasteiger partial charge in [-0.3, -0.25) is 4.57 Å². The summed E-state index contributed by atoms with van der Waals surface area (Å²) in [5, 5.41) is 16.3. The average molecular weight is 512 g/mol. The highest BCUT2D eigenvalue weighted by Crippen LogP contribution is 2.27. The Hall–Kier alpha value is -5.19. The molecule has 0 fully saturated rings. The number of imidazole rings is 1. The lowest BCUT2D eigenvalue weighted by Crippen LogP contribution is -2.23. The predicted octanol–water partition coefficient (Wildman–Crippen LogP) is 5.07. The zero-order valence-corrected chi connectivity index (χ0v) is 20.9. The number of amides is 1. The van der Waals surface area contributed by atoms with Gasteiger partial charge >= 0.3 is 12.0 Å². The fraction of sp³-hybridized carbons (Fsp3) is 0.148. The number of nitrogens with zero attached hydrogens (tertiary/aromatic N) is 5. The Bertz CT molecular complexity index is 1660. The van der Waals surface area contributed by atoms with Crippen molar-refractivity contribution >= 4 is 34.5 Å². The summed E-state index contributed by atoms with van der Waals surface area (Å²) < 4.78 is 8.86. The standard InChI is InChI=1S/C27H25N7O4/c1-27(2,3)23-14-24(28)34(32-23)26(37)31-16-4-6-17(7-5-16)33-15-30-20-12-18(8-9-22(20)33)38-19-10-11-29-21(13-19)25(35)36/h4-15H,28H2,1-3H3,(H,31,37)(H,35,36). The lowest BCUT2D eigenvalue weighted by Gasteiger charge is -2.14. The molecule has 2 aromatic carbocycles. The second kappa shape index (κ2) is 9.36. The normalized spacial score (nSPS) is 11.4. The van der Waals surface area contributed by atoms with Crippen molar-refractivity contribution in [2.24, 2.45) is 0 Å². The number of ether oxygens (including phenoxy) is 1. The van der Waals surface area contributed by atoms with Crippen molar-refractivity contribution in [3.63, 3.8) is 0 Å². The minimum atomic E-state index is -1.13. The van der Waals surface area contributed by atoms with Gasteiger partial charge in [0.25, 0.3) is 0 Å². The van der Waals surface area contributed by atoms with Crippen LogP contribution in [-0.4, -0.2) is 41.4 Å². The van der Waals surface area contributed by atoms with Gasteiger partial charge in [-0.2, -0.15) is 9.78 Å². The van der Waals surface area contributed by atoms with E-state index in [2.05, 4.69) is 20.4 Å². The molecule has 11 nitrogen and oxygen atoms in total. The molecule has 0 saturated carbocycles. The molecule has 0 saturated heterocycles. The number of hydrogen-bond donors (Lipinski definition) is 3. The maximum atomic E-state index is 12.7. The van der Waals surface area contributed by atoms with Crippen LogP contribution in [0, 0.1) is 0 Å². The van der Waals surface area contributed by atoms with Gasteiger partial charge in [-0.1, -0.05) is 20.8 Å². The van der Waals surface area contributed by atoms with Crippen molar-refractivity contribution in [3.05, 3.63) is 84.6 Å². The van der Waals surface area contributed by atoms with Gasteiger partial charge in [-0.15, -0.1) is 0 Å². The molecule has 0 atom stereocenters. The van der Waals surface area contributed by atoms with Gasteiger partial charge in [0.1, 0.15) is 23.6 Å². The van der Waals surface area contributed by atoms with E-state index in [9.17, 15) is 9.59 Å². The van der Waals surface area contributed by atoms with E-state index in [4.69, 9.17) is 15.6 Å². The molecule has 5 aromatic rings. The quantitative estimate of drug-likeness (QED) is 0.296. The second-order valence-corrected chi connectivity index (χ2v) is 9.64. The fourth-order valence-corrected chi connectivity index (χ4v) is 3.80. The Morgan fingerprint density at radius 2 is 1.71 bits per heavy atom. The number of nitrogen functional groups attached to an aromatic ring is 1. The highest BCUT2D eigenvalue weighted by atomic mass is 16.5. The monoisotopic (exact) mass is 511 g/mol. The molecule has 38 heavy (non-hydrogen) atoms. The van der Waals surface area contributed by atoms with E-state index in [1.54, 1.807) is 42.7 Å². The number of pyridine rings is 1. The first kappa shape index (κ1) is 24.5. The number of aromatic nitrogens is 5. The third-order valence-electron chi connectivity index (χ3n) is 5.80. The summed E-state index contributed by atoms with van der Waals surface area (Å²) in [6, 6.07) is 16.9. The number of hydrogen-bond acceptors (Lipinski definition) is 7. The molecule has 0 aliphatic heterocycles. The van der Waals surface area contributed by atoms with Crippen LogP contribution in [0.3, 0.4) is 0 Å². The van der Waals surface area contributed by atoms with E-state index in [0.717, 1.165) is 21.6 Å².